The number of hydrogen-bond acceptors (Lipinski definition) is 3. The number of nitrogens with one attached hydrogen (secondary N) is 1. The van der Waals surface area contributed by atoms with Gasteiger partial charge in [0.05, 0.1) is 5.69 Å². The first-order valence-corrected chi connectivity index (χ1v) is 7.56. The minimum absolute atomic E-state index is 0.732. The average molecular weight is 272 g/mol. The number of piperidine rings is 1. The monoisotopic (exact) mass is 272 g/mol. The third kappa shape index (κ3) is 2.29. The van der Waals surface area contributed by atoms with Crippen molar-refractivity contribution in [2.45, 2.75) is 26.8 Å². The number of pyridine rings is 1. The van der Waals surface area contributed by atoms with Gasteiger partial charge >= 0.3 is 0 Å². The number of imidazole rings is 1. The van der Waals surface area contributed by atoms with Gasteiger partial charge in [0.1, 0.15) is 5.65 Å². The summed E-state index contributed by atoms with van der Waals surface area (Å²) in [6, 6.07) is 6.20. The van der Waals surface area contributed by atoms with E-state index in [1.54, 1.807) is 0 Å². The predicted molar refractivity (Wildman–Crippen MR) is 83.1 cm³/mol. The minimum Gasteiger partial charge on any atom is -0.355 e. The lowest BCUT2D eigenvalue weighted by Gasteiger charge is -2.36. The molecule has 1 aliphatic rings. The lowest BCUT2D eigenvalue weighted by molar-refractivity contribution is 0.322. The molecule has 1 aliphatic heterocycles. The van der Waals surface area contributed by atoms with Crippen LogP contribution in [0.25, 0.3) is 5.65 Å². The van der Waals surface area contributed by atoms with Crippen molar-refractivity contribution in [2.75, 3.05) is 25.0 Å². The maximum absolute atomic E-state index is 4.86. The van der Waals surface area contributed by atoms with Gasteiger partial charge in [-0.05, 0) is 37.4 Å². The van der Waals surface area contributed by atoms with Crippen LogP contribution in [0.1, 0.15) is 26.0 Å². The summed E-state index contributed by atoms with van der Waals surface area (Å²) in [4.78, 5) is 7.33. The summed E-state index contributed by atoms with van der Waals surface area (Å²) >= 11 is 0. The highest BCUT2D eigenvalue weighted by molar-refractivity contribution is 5.56. The van der Waals surface area contributed by atoms with E-state index in [0.29, 0.717) is 0 Å². The van der Waals surface area contributed by atoms with Gasteiger partial charge < -0.3 is 14.6 Å². The van der Waals surface area contributed by atoms with Crippen LogP contribution in [0.15, 0.2) is 24.4 Å². The Morgan fingerprint density at radius 2 is 2.15 bits per heavy atom. The van der Waals surface area contributed by atoms with E-state index < -0.39 is 0 Å². The highest BCUT2D eigenvalue weighted by Gasteiger charge is 2.26. The van der Waals surface area contributed by atoms with Gasteiger partial charge in [0.2, 0.25) is 0 Å². The van der Waals surface area contributed by atoms with Crippen LogP contribution in [0.5, 0.6) is 0 Å². The second-order valence-corrected chi connectivity index (χ2v) is 6.03. The molecular weight excluding hydrogens is 248 g/mol. The Kier molecular flexibility index (Phi) is 3.66. The van der Waals surface area contributed by atoms with Crippen LogP contribution in [0.3, 0.4) is 0 Å². The molecule has 1 fully saturated rings. The van der Waals surface area contributed by atoms with E-state index in [0.717, 1.165) is 42.9 Å². The highest BCUT2D eigenvalue weighted by atomic mass is 15.2. The fourth-order valence-electron chi connectivity index (χ4n) is 3.07. The molecular formula is C16H24N4. The first kappa shape index (κ1) is 13.4. The summed E-state index contributed by atoms with van der Waals surface area (Å²) in [5.74, 6) is 2.70. The van der Waals surface area contributed by atoms with Gasteiger partial charge in [0.25, 0.3) is 0 Å². The van der Waals surface area contributed by atoms with E-state index >= 15 is 0 Å². The molecule has 4 nitrogen and oxygen atoms in total. The molecule has 1 N–H and O–H groups in total. The van der Waals surface area contributed by atoms with Crippen molar-refractivity contribution in [1.82, 2.24) is 14.7 Å². The zero-order valence-electron chi connectivity index (χ0n) is 12.6. The van der Waals surface area contributed by atoms with Crippen molar-refractivity contribution < 1.29 is 0 Å². The Morgan fingerprint density at radius 1 is 1.30 bits per heavy atom. The van der Waals surface area contributed by atoms with Gasteiger partial charge in [-0.15, -0.1) is 0 Å². The molecule has 2 aromatic heterocycles. The Bertz CT molecular complexity index is 589. The first-order valence-electron chi connectivity index (χ1n) is 7.56. The zero-order valence-corrected chi connectivity index (χ0v) is 12.6. The van der Waals surface area contributed by atoms with Crippen molar-refractivity contribution in [3.8, 4) is 0 Å². The lowest BCUT2D eigenvalue weighted by atomic mass is 9.89. The molecule has 0 spiro atoms. The Balaban J connectivity index is 1.99. The predicted octanol–water partition coefficient (Wildman–Crippen LogP) is 2.54. The summed E-state index contributed by atoms with van der Waals surface area (Å²) in [7, 11) is 1.99. The molecule has 0 aromatic carbocycles. The molecule has 0 saturated carbocycles. The van der Waals surface area contributed by atoms with Crippen molar-refractivity contribution in [3.05, 3.63) is 30.1 Å². The molecule has 108 valence electrons. The maximum atomic E-state index is 4.86. The van der Waals surface area contributed by atoms with Gasteiger partial charge in [0.15, 0.2) is 5.82 Å². The quantitative estimate of drug-likeness (QED) is 0.932. The standard InChI is InChI=1S/C16H24N4/c1-12-7-9-19(11-13(12)2)16-14(10-17-3)20-8-5-4-6-15(20)18-16/h4-6,8,12-13,17H,7,9-11H2,1-3H3. The summed E-state index contributed by atoms with van der Waals surface area (Å²) in [5, 5.41) is 3.27. The van der Waals surface area contributed by atoms with Crippen LogP contribution >= 0.6 is 0 Å². The van der Waals surface area contributed by atoms with E-state index in [-0.39, 0.29) is 0 Å². The second kappa shape index (κ2) is 5.44. The van der Waals surface area contributed by atoms with E-state index in [1.807, 2.05) is 7.05 Å². The molecule has 3 heterocycles. The third-order valence-corrected chi connectivity index (χ3v) is 4.59. The van der Waals surface area contributed by atoms with E-state index in [4.69, 9.17) is 4.98 Å². The first-order chi connectivity index (χ1) is 9.70. The number of aromatic nitrogens is 2. The molecule has 2 atom stereocenters. The SMILES string of the molecule is CNCc1c(N2CCC(C)C(C)C2)nc2ccccn12. The Labute approximate surface area is 120 Å². The third-order valence-electron chi connectivity index (χ3n) is 4.59. The summed E-state index contributed by atoms with van der Waals surface area (Å²) in [6.45, 7) is 7.79. The summed E-state index contributed by atoms with van der Waals surface area (Å²) in [6.07, 6.45) is 3.36. The summed E-state index contributed by atoms with van der Waals surface area (Å²) < 4.78 is 2.20. The maximum Gasteiger partial charge on any atom is 0.152 e. The van der Waals surface area contributed by atoms with Crippen molar-refractivity contribution in [1.29, 1.82) is 0 Å². The highest BCUT2D eigenvalue weighted by Crippen LogP contribution is 2.29. The number of rotatable bonds is 3. The Hall–Kier alpha value is -1.55. The number of nitrogens with zero attached hydrogens (tertiary/aromatic N) is 3. The van der Waals surface area contributed by atoms with Crippen LogP contribution in [0, 0.1) is 11.8 Å². The second-order valence-electron chi connectivity index (χ2n) is 6.03. The largest absolute Gasteiger partial charge is 0.355 e. The van der Waals surface area contributed by atoms with E-state index in [9.17, 15) is 0 Å². The topological polar surface area (TPSA) is 32.6 Å². The van der Waals surface area contributed by atoms with Gasteiger partial charge in [-0.2, -0.15) is 0 Å². The van der Waals surface area contributed by atoms with Crippen LogP contribution < -0.4 is 10.2 Å². The zero-order chi connectivity index (χ0) is 14.1. The van der Waals surface area contributed by atoms with Crippen LogP contribution in [0.4, 0.5) is 5.82 Å². The molecule has 2 unspecified atom stereocenters. The van der Waals surface area contributed by atoms with Crippen molar-refractivity contribution >= 4 is 11.5 Å². The fourth-order valence-corrected chi connectivity index (χ4v) is 3.07. The minimum atomic E-state index is 0.732. The fraction of sp³-hybridized carbons (Fsp3) is 0.562. The smallest absolute Gasteiger partial charge is 0.152 e. The van der Waals surface area contributed by atoms with Crippen LogP contribution in [-0.4, -0.2) is 29.5 Å². The number of anilines is 1. The lowest BCUT2D eigenvalue weighted by Crippen LogP contribution is -2.39. The molecule has 4 heteroatoms. The molecule has 0 bridgehead atoms. The van der Waals surface area contributed by atoms with Gasteiger partial charge in [0, 0.05) is 25.8 Å². The van der Waals surface area contributed by atoms with Crippen LogP contribution in [0.2, 0.25) is 0 Å². The molecule has 3 rings (SSSR count). The Morgan fingerprint density at radius 3 is 2.90 bits per heavy atom. The molecule has 20 heavy (non-hydrogen) atoms. The molecule has 1 saturated heterocycles. The molecule has 2 aromatic rings. The number of fused-ring (bicyclic) bond motifs is 1. The normalized spacial score (nSPS) is 23.4. The van der Waals surface area contributed by atoms with Gasteiger partial charge in [-0.1, -0.05) is 19.9 Å². The average Bonchev–Trinajstić information content (AvgIpc) is 2.82. The van der Waals surface area contributed by atoms with E-state index in [2.05, 4.69) is 52.9 Å². The van der Waals surface area contributed by atoms with Crippen LogP contribution in [-0.2, 0) is 6.54 Å². The van der Waals surface area contributed by atoms with Gasteiger partial charge in [-0.3, -0.25) is 0 Å². The summed E-state index contributed by atoms with van der Waals surface area (Å²) in [5.41, 5.74) is 2.31. The van der Waals surface area contributed by atoms with Crippen molar-refractivity contribution in [2.24, 2.45) is 11.8 Å². The van der Waals surface area contributed by atoms with Gasteiger partial charge in [-0.25, -0.2) is 4.98 Å². The molecule has 0 aliphatic carbocycles. The number of hydrogen-bond donors (Lipinski definition) is 1. The molecule has 0 radical (unpaired) electrons. The molecule has 0 amide bonds. The van der Waals surface area contributed by atoms with E-state index in [1.165, 1.54) is 12.1 Å². The van der Waals surface area contributed by atoms with Crippen molar-refractivity contribution in [3.63, 3.8) is 0 Å².